The number of aromatic nitrogens is 2. The molecule has 0 spiro atoms. The zero-order valence-electron chi connectivity index (χ0n) is 18.2. The maximum Gasteiger partial charge on any atom is 0.225 e. The Hall–Kier alpha value is -1.69. The highest BCUT2D eigenvalue weighted by Gasteiger charge is 2.27. The van der Waals surface area contributed by atoms with Gasteiger partial charge < -0.3 is 15.1 Å². The standard InChI is InChI=1S/C23H37N5O/c1-17-8-13-28(14-9-17)23-25-16-20-15-19(5-6-21(20)26-23)22(29)24-10-7-18(2)27-11-3-4-12-27/h16-19H,3-15H2,1-2H3,(H,24,29)/t18-,19+/m1/s1. The third kappa shape index (κ3) is 5.08. The summed E-state index contributed by atoms with van der Waals surface area (Å²) in [5.41, 5.74) is 2.32. The monoisotopic (exact) mass is 399 g/mol. The number of fused-ring (bicyclic) bond motifs is 1. The fraction of sp³-hybridized carbons (Fsp3) is 0.783. The molecule has 160 valence electrons. The number of rotatable bonds is 6. The number of carbonyl (C=O) groups excluding carboxylic acids is 1. The fourth-order valence-electron chi connectivity index (χ4n) is 5.00. The van der Waals surface area contributed by atoms with Crippen molar-refractivity contribution >= 4 is 11.9 Å². The zero-order chi connectivity index (χ0) is 20.2. The number of hydrogen-bond acceptors (Lipinski definition) is 5. The predicted octanol–water partition coefficient (Wildman–Crippen LogP) is 2.81. The molecule has 2 fully saturated rings. The Morgan fingerprint density at radius 3 is 2.72 bits per heavy atom. The molecule has 1 N–H and O–H groups in total. The lowest BCUT2D eigenvalue weighted by Crippen LogP contribution is -2.38. The van der Waals surface area contributed by atoms with Gasteiger partial charge in [-0.2, -0.15) is 0 Å². The molecule has 2 aliphatic heterocycles. The molecule has 3 heterocycles. The average molecular weight is 400 g/mol. The van der Waals surface area contributed by atoms with Gasteiger partial charge in [0.05, 0.1) is 0 Å². The second-order valence-corrected chi connectivity index (χ2v) is 9.42. The Morgan fingerprint density at radius 1 is 1.21 bits per heavy atom. The lowest BCUT2D eigenvalue weighted by molar-refractivity contribution is -0.125. The minimum atomic E-state index is 0.0647. The van der Waals surface area contributed by atoms with Crippen LogP contribution in [0.5, 0.6) is 0 Å². The summed E-state index contributed by atoms with van der Waals surface area (Å²) < 4.78 is 0. The third-order valence-corrected chi connectivity index (χ3v) is 7.20. The van der Waals surface area contributed by atoms with Gasteiger partial charge in [0.1, 0.15) is 0 Å². The van der Waals surface area contributed by atoms with E-state index in [1.54, 1.807) is 0 Å². The van der Waals surface area contributed by atoms with Crippen molar-refractivity contribution in [1.29, 1.82) is 0 Å². The predicted molar refractivity (Wildman–Crippen MR) is 116 cm³/mol. The second-order valence-electron chi connectivity index (χ2n) is 9.42. The van der Waals surface area contributed by atoms with Gasteiger partial charge in [-0.15, -0.1) is 0 Å². The Bertz CT molecular complexity index is 695. The number of anilines is 1. The van der Waals surface area contributed by atoms with Crippen LogP contribution in [0.15, 0.2) is 6.20 Å². The van der Waals surface area contributed by atoms with E-state index >= 15 is 0 Å². The van der Waals surface area contributed by atoms with E-state index < -0.39 is 0 Å². The van der Waals surface area contributed by atoms with E-state index in [9.17, 15) is 4.79 Å². The van der Waals surface area contributed by atoms with Crippen LogP contribution in [0.3, 0.4) is 0 Å². The Kier molecular flexibility index (Phi) is 6.68. The number of carbonyl (C=O) groups is 1. The lowest BCUT2D eigenvalue weighted by Gasteiger charge is -2.31. The van der Waals surface area contributed by atoms with Crippen LogP contribution >= 0.6 is 0 Å². The molecule has 0 saturated carbocycles. The van der Waals surface area contributed by atoms with Gasteiger partial charge in [0.2, 0.25) is 11.9 Å². The van der Waals surface area contributed by atoms with Crippen LogP contribution in [-0.2, 0) is 17.6 Å². The Morgan fingerprint density at radius 2 is 1.97 bits per heavy atom. The van der Waals surface area contributed by atoms with E-state index in [-0.39, 0.29) is 11.8 Å². The third-order valence-electron chi connectivity index (χ3n) is 7.20. The summed E-state index contributed by atoms with van der Waals surface area (Å²) in [6.45, 7) is 9.93. The van der Waals surface area contributed by atoms with Crippen molar-refractivity contribution in [1.82, 2.24) is 20.2 Å². The van der Waals surface area contributed by atoms with E-state index in [1.165, 1.54) is 38.8 Å². The van der Waals surface area contributed by atoms with Gasteiger partial charge in [-0.25, -0.2) is 9.97 Å². The van der Waals surface area contributed by atoms with Crippen molar-refractivity contribution in [2.45, 2.75) is 71.3 Å². The molecule has 0 bridgehead atoms. The van der Waals surface area contributed by atoms with Crippen molar-refractivity contribution in [3.05, 3.63) is 17.5 Å². The Labute approximate surface area is 175 Å². The summed E-state index contributed by atoms with van der Waals surface area (Å²) in [5.74, 6) is 1.96. The van der Waals surface area contributed by atoms with Crippen molar-refractivity contribution in [3.63, 3.8) is 0 Å². The number of nitrogens with zero attached hydrogens (tertiary/aromatic N) is 4. The molecule has 2 saturated heterocycles. The van der Waals surface area contributed by atoms with E-state index in [4.69, 9.17) is 4.98 Å². The van der Waals surface area contributed by atoms with E-state index in [2.05, 4.69) is 33.9 Å². The minimum absolute atomic E-state index is 0.0647. The molecule has 1 aromatic heterocycles. The maximum absolute atomic E-state index is 12.7. The van der Waals surface area contributed by atoms with Gasteiger partial charge >= 0.3 is 0 Å². The molecule has 6 nitrogen and oxygen atoms in total. The molecule has 1 aromatic rings. The number of piperidine rings is 1. The van der Waals surface area contributed by atoms with Crippen molar-refractivity contribution in [2.24, 2.45) is 11.8 Å². The normalized spacial score (nSPS) is 24.3. The van der Waals surface area contributed by atoms with Crippen LogP contribution < -0.4 is 10.2 Å². The molecule has 1 amide bonds. The number of likely N-dealkylation sites (tertiary alicyclic amines) is 1. The van der Waals surface area contributed by atoms with Crippen molar-refractivity contribution in [3.8, 4) is 0 Å². The van der Waals surface area contributed by atoms with Gasteiger partial charge in [0.15, 0.2) is 0 Å². The summed E-state index contributed by atoms with van der Waals surface area (Å²) >= 11 is 0. The lowest BCUT2D eigenvalue weighted by atomic mass is 9.86. The van der Waals surface area contributed by atoms with Gasteiger partial charge in [0.25, 0.3) is 0 Å². The van der Waals surface area contributed by atoms with Crippen LogP contribution in [0.2, 0.25) is 0 Å². The molecule has 3 aliphatic rings. The van der Waals surface area contributed by atoms with Crippen LogP contribution in [0.4, 0.5) is 5.95 Å². The zero-order valence-corrected chi connectivity index (χ0v) is 18.2. The minimum Gasteiger partial charge on any atom is -0.356 e. The highest BCUT2D eigenvalue weighted by Crippen LogP contribution is 2.27. The number of hydrogen-bond donors (Lipinski definition) is 1. The number of amides is 1. The van der Waals surface area contributed by atoms with Crippen LogP contribution in [-0.4, -0.2) is 59.5 Å². The number of nitrogens with one attached hydrogen (secondary N) is 1. The maximum atomic E-state index is 12.7. The first kappa shape index (κ1) is 20.6. The topological polar surface area (TPSA) is 61.4 Å². The van der Waals surface area contributed by atoms with E-state index in [0.29, 0.717) is 6.04 Å². The second kappa shape index (κ2) is 9.41. The first-order chi connectivity index (χ1) is 14.1. The van der Waals surface area contributed by atoms with E-state index in [0.717, 1.165) is 68.4 Å². The van der Waals surface area contributed by atoms with Gasteiger partial charge in [-0.05, 0) is 82.9 Å². The summed E-state index contributed by atoms with van der Waals surface area (Å²) in [4.78, 5) is 27.0. The van der Waals surface area contributed by atoms with Crippen molar-refractivity contribution < 1.29 is 4.79 Å². The SMILES string of the molecule is CC1CCN(c2ncc3c(n2)CC[C@H](C(=O)NCC[C@@H](C)N2CCCC2)C3)CC1. The summed E-state index contributed by atoms with van der Waals surface area (Å²) in [6, 6.07) is 0.564. The molecule has 1 aliphatic carbocycles. The molecule has 29 heavy (non-hydrogen) atoms. The average Bonchev–Trinajstić information content (AvgIpc) is 3.28. The first-order valence-electron chi connectivity index (χ1n) is 11.7. The van der Waals surface area contributed by atoms with Crippen LogP contribution in [0, 0.1) is 11.8 Å². The summed E-state index contributed by atoms with van der Waals surface area (Å²) in [5, 5.41) is 3.19. The molecule has 0 radical (unpaired) electrons. The largest absolute Gasteiger partial charge is 0.356 e. The quantitative estimate of drug-likeness (QED) is 0.797. The van der Waals surface area contributed by atoms with Gasteiger partial charge in [-0.1, -0.05) is 6.92 Å². The Balaban J connectivity index is 1.26. The molecule has 2 atom stereocenters. The van der Waals surface area contributed by atoms with Crippen LogP contribution in [0.1, 0.15) is 63.6 Å². The highest BCUT2D eigenvalue weighted by atomic mass is 16.1. The number of aryl methyl sites for hydroxylation is 1. The molecular weight excluding hydrogens is 362 g/mol. The van der Waals surface area contributed by atoms with E-state index in [1.807, 2.05) is 6.20 Å². The molecular formula is C23H37N5O. The van der Waals surface area contributed by atoms with Gasteiger partial charge in [0, 0.05) is 43.5 Å². The van der Waals surface area contributed by atoms with Gasteiger partial charge in [-0.3, -0.25) is 4.79 Å². The molecule has 4 rings (SSSR count). The van der Waals surface area contributed by atoms with Crippen molar-refractivity contribution in [2.75, 3.05) is 37.6 Å². The smallest absolute Gasteiger partial charge is 0.225 e. The summed E-state index contributed by atoms with van der Waals surface area (Å²) in [7, 11) is 0. The molecule has 0 aromatic carbocycles. The first-order valence-corrected chi connectivity index (χ1v) is 11.7. The molecule has 6 heteroatoms. The molecule has 0 unspecified atom stereocenters. The van der Waals surface area contributed by atoms with Crippen LogP contribution in [0.25, 0.3) is 0 Å². The summed E-state index contributed by atoms with van der Waals surface area (Å²) in [6.07, 6.45) is 10.7. The highest BCUT2D eigenvalue weighted by molar-refractivity contribution is 5.79. The fourth-order valence-corrected chi connectivity index (χ4v) is 5.00.